The van der Waals surface area contributed by atoms with Crippen molar-refractivity contribution in [2.75, 3.05) is 19.0 Å². The van der Waals surface area contributed by atoms with E-state index in [1.807, 2.05) is 0 Å². The molecule has 0 aromatic heterocycles. The lowest BCUT2D eigenvalue weighted by molar-refractivity contribution is -0.127. The van der Waals surface area contributed by atoms with Crippen molar-refractivity contribution < 1.29 is 22.7 Å². The van der Waals surface area contributed by atoms with Crippen LogP contribution in [0.5, 0.6) is 5.75 Å². The van der Waals surface area contributed by atoms with E-state index < -0.39 is 21.2 Å². The number of thioether (sulfide) groups is 1. The average Bonchev–Trinajstić information content (AvgIpc) is 3.03. The Balaban J connectivity index is 1.76. The minimum Gasteiger partial charge on any atom is -0.497 e. The van der Waals surface area contributed by atoms with Crippen LogP contribution in [0.2, 0.25) is 5.02 Å². The average molecular weight is 494 g/mol. The molecular weight excluding hydrogens is 474 g/mol. The Morgan fingerprint density at radius 2 is 1.91 bits per heavy atom. The third-order valence-corrected chi connectivity index (χ3v) is 7.21. The van der Waals surface area contributed by atoms with Gasteiger partial charge in [-0.05, 0) is 48.5 Å². The van der Waals surface area contributed by atoms with Crippen molar-refractivity contribution in [3.05, 3.63) is 66.2 Å². The van der Waals surface area contributed by atoms with Crippen molar-refractivity contribution in [3.63, 3.8) is 0 Å². The largest absolute Gasteiger partial charge is 0.497 e. The van der Waals surface area contributed by atoms with Crippen LogP contribution in [-0.4, -0.2) is 49.2 Å². The van der Waals surface area contributed by atoms with Crippen molar-refractivity contribution in [2.24, 2.45) is 4.40 Å². The van der Waals surface area contributed by atoms with Crippen LogP contribution in [0.15, 0.2) is 70.5 Å². The van der Waals surface area contributed by atoms with Gasteiger partial charge in [-0.3, -0.25) is 14.5 Å². The highest BCUT2D eigenvalue weighted by molar-refractivity contribution is 8.16. The summed E-state index contributed by atoms with van der Waals surface area (Å²) in [6.07, 6.45) is 1.31. The van der Waals surface area contributed by atoms with E-state index in [9.17, 15) is 18.0 Å². The summed E-state index contributed by atoms with van der Waals surface area (Å²) in [4.78, 5) is 26.4. The molecule has 1 heterocycles. The third kappa shape index (κ3) is 5.70. The molecule has 0 spiro atoms. The van der Waals surface area contributed by atoms with Gasteiger partial charge >= 0.3 is 0 Å². The molecule has 1 N–H and O–H groups in total. The zero-order valence-corrected chi connectivity index (χ0v) is 19.4. The predicted octanol–water partition coefficient (Wildman–Crippen LogP) is 3.55. The molecule has 32 heavy (non-hydrogen) atoms. The molecule has 2 aromatic carbocycles. The van der Waals surface area contributed by atoms with Gasteiger partial charge in [0.15, 0.2) is 5.17 Å². The molecule has 0 bridgehead atoms. The Hall–Kier alpha value is -2.82. The highest BCUT2D eigenvalue weighted by Crippen LogP contribution is 2.31. The minimum absolute atomic E-state index is 0.00732. The molecule has 168 valence electrons. The molecule has 1 aliphatic rings. The molecule has 1 saturated heterocycles. The van der Waals surface area contributed by atoms with Crippen LogP contribution in [0, 0.1) is 0 Å². The number of ether oxygens (including phenoxy) is 1. The quantitative estimate of drug-likeness (QED) is 0.564. The summed E-state index contributed by atoms with van der Waals surface area (Å²) in [6.45, 7) is 3.67. The van der Waals surface area contributed by atoms with Crippen LogP contribution < -0.4 is 10.1 Å². The highest BCUT2D eigenvalue weighted by atomic mass is 35.5. The maximum Gasteiger partial charge on any atom is 0.284 e. The number of rotatable bonds is 8. The number of anilines is 1. The molecular formula is C21H20ClN3O5S2. The molecule has 0 radical (unpaired) electrons. The lowest BCUT2D eigenvalue weighted by atomic mass is 10.2. The molecule has 3 rings (SSSR count). The summed E-state index contributed by atoms with van der Waals surface area (Å²) in [5.74, 6) is -0.154. The minimum atomic E-state index is -4.07. The number of halogens is 1. The predicted molar refractivity (Wildman–Crippen MR) is 126 cm³/mol. The first-order valence-corrected chi connectivity index (χ1v) is 12.1. The summed E-state index contributed by atoms with van der Waals surface area (Å²) >= 11 is 6.74. The van der Waals surface area contributed by atoms with Crippen molar-refractivity contribution in [1.82, 2.24) is 4.90 Å². The van der Waals surface area contributed by atoms with Crippen LogP contribution >= 0.6 is 23.4 Å². The van der Waals surface area contributed by atoms with Gasteiger partial charge in [0.1, 0.15) is 11.0 Å². The van der Waals surface area contributed by atoms with Gasteiger partial charge in [0.2, 0.25) is 11.8 Å². The third-order valence-electron chi connectivity index (χ3n) is 4.39. The lowest BCUT2D eigenvalue weighted by Gasteiger charge is -2.13. The Bertz CT molecular complexity index is 1150. The maximum atomic E-state index is 12.8. The molecule has 2 aromatic rings. The molecule has 1 fully saturated rings. The number of nitrogens with one attached hydrogen (secondary N) is 1. The van der Waals surface area contributed by atoms with E-state index >= 15 is 0 Å². The van der Waals surface area contributed by atoms with Gasteiger partial charge in [-0.25, -0.2) is 0 Å². The first-order chi connectivity index (χ1) is 15.2. The number of hydrogen-bond acceptors (Lipinski definition) is 6. The van der Waals surface area contributed by atoms with Gasteiger partial charge in [-0.2, -0.15) is 8.42 Å². The molecule has 11 heteroatoms. The van der Waals surface area contributed by atoms with E-state index in [2.05, 4.69) is 16.3 Å². The molecule has 8 nitrogen and oxygen atoms in total. The fourth-order valence-corrected chi connectivity index (χ4v) is 5.31. The summed E-state index contributed by atoms with van der Waals surface area (Å²) in [5.41, 5.74) is 0.549. The number of amidine groups is 1. The number of benzene rings is 2. The fourth-order valence-electron chi connectivity index (χ4n) is 2.82. The van der Waals surface area contributed by atoms with Gasteiger partial charge < -0.3 is 10.1 Å². The smallest absolute Gasteiger partial charge is 0.284 e. The van der Waals surface area contributed by atoms with Crippen molar-refractivity contribution in [3.8, 4) is 5.75 Å². The zero-order chi connectivity index (χ0) is 23.3. The Kier molecular flexibility index (Phi) is 7.60. The second kappa shape index (κ2) is 10.2. The van der Waals surface area contributed by atoms with E-state index in [-0.39, 0.29) is 28.9 Å². The second-order valence-corrected chi connectivity index (χ2v) is 9.84. The monoisotopic (exact) mass is 493 g/mol. The van der Waals surface area contributed by atoms with E-state index in [1.54, 1.807) is 24.3 Å². The Morgan fingerprint density at radius 3 is 2.50 bits per heavy atom. The van der Waals surface area contributed by atoms with Gasteiger partial charge in [-0.1, -0.05) is 29.4 Å². The number of carbonyl (C=O) groups is 2. The number of carbonyl (C=O) groups excluding carboxylic acids is 2. The lowest BCUT2D eigenvalue weighted by Crippen LogP contribution is -2.33. The van der Waals surface area contributed by atoms with E-state index in [4.69, 9.17) is 16.3 Å². The topological polar surface area (TPSA) is 105 Å². The van der Waals surface area contributed by atoms with Gasteiger partial charge in [0.25, 0.3) is 10.0 Å². The first kappa shape index (κ1) is 23.8. The van der Waals surface area contributed by atoms with E-state index in [1.165, 1.54) is 42.4 Å². The van der Waals surface area contributed by atoms with Gasteiger partial charge in [0, 0.05) is 23.7 Å². The number of nitrogens with zero attached hydrogens (tertiary/aromatic N) is 2. The number of amides is 2. The number of methoxy groups -OCH3 is 1. The number of hydrogen-bond donors (Lipinski definition) is 1. The van der Waals surface area contributed by atoms with Crippen LogP contribution in [0.4, 0.5) is 5.69 Å². The highest BCUT2D eigenvalue weighted by Gasteiger charge is 2.39. The molecule has 0 saturated carbocycles. The summed E-state index contributed by atoms with van der Waals surface area (Å²) < 4.78 is 34.3. The molecule has 1 unspecified atom stereocenters. The van der Waals surface area contributed by atoms with E-state index in [0.29, 0.717) is 16.5 Å². The fraction of sp³-hybridized carbons (Fsp3) is 0.190. The Morgan fingerprint density at radius 1 is 1.25 bits per heavy atom. The first-order valence-electron chi connectivity index (χ1n) is 9.37. The molecule has 0 aliphatic carbocycles. The molecule has 1 aliphatic heterocycles. The zero-order valence-electron chi connectivity index (χ0n) is 17.0. The summed E-state index contributed by atoms with van der Waals surface area (Å²) in [5, 5.41) is 2.28. The van der Waals surface area contributed by atoms with Gasteiger partial charge in [0.05, 0.1) is 12.0 Å². The number of sulfonamides is 1. The van der Waals surface area contributed by atoms with Crippen LogP contribution in [0.3, 0.4) is 0 Å². The normalized spacial score (nSPS) is 17.4. The maximum absolute atomic E-state index is 12.8. The Labute approximate surface area is 195 Å². The van der Waals surface area contributed by atoms with Crippen molar-refractivity contribution in [1.29, 1.82) is 0 Å². The van der Waals surface area contributed by atoms with Crippen LogP contribution in [0.1, 0.15) is 6.42 Å². The van der Waals surface area contributed by atoms with Crippen molar-refractivity contribution in [2.45, 2.75) is 16.6 Å². The SMILES string of the molecule is C=CCN1C(=O)C(CC(=O)Nc2ccc(OC)cc2)S/C1=N\S(=O)(=O)c1ccc(Cl)cc1. The van der Waals surface area contributed by atoms with Crippen LogP contribution in [-0.2, 0) is 19.6 Å². The summed E-state index contributed by atoms with van der Waals surface area (Å²) in [7, 11) is -2.53. The second-order valence-electron chi connectivity index (χ2n) is 6.63. The standard InChI is InChI=1S/C21H20ClN3O5S2/c1-3-12-25-20(27)18(13-19(26)23-15-6-8-16(30-2)9-7-15)31-21(25)24-32(28,29)17-10-4-14(22)5-11-17/h3-11,18H,1,12-13H2,2H3,(H,23,26)/b24-21-. The van der Waals surface area contributed by atoms with E-state index in [0.717, 1.165) is 11.8 Å². The molecule has 1 atom stereocenters. The molecule has 2 amide bonds. The van der Waals surface area contributed by atoms with Crippen molar-refractivity contribution >= 4 is 56.1 Å². The van der Waals surface area contributed by atoms with Gasteiger partial charge in [-0.15, -0.1) is 11.0 Å². The summed E-state index contributed by atoms with van der Waals surface area (Å²) in [6, 6.07) is 12.3. The van der Waals surface area contributed by atoms with Crippen LogP contribution in [0.25, 0.3) is 0 Å².